The van der Waals surface area contributed by atoms with Gasteiger partial charge in [-0.3, -0.25) is 4.99 Å². The maximum absolute atomic E-state index is 10.9. The van der Waals surface area contributed by atoms with Gasteiger partial charge in [0.25, 0.3) is 0 Å². The van der Waals surface area contributed by atoms with E-state index in [1.807, 2.05) is 24.3 Å². The summed E-state index contributed by atoms with van der Waals surface area (Å²) >= 11 is 11.6. The number of aromatic hydroxyl groups is 1. The fourth-order valence-corrected chi connectivity index (χ4v) is 2.68. The van der Waals surface area contributed by atoms with E-state index in [4.69, 9.17) is 28.3 Å². The molecule has 0 saturated carbocycles. The van der Waals surface area contributed by atoms with Crippen LogP contribution in [0, 0.1) is 0 Å². The maximum Gasteiger partial charge on any atom is 0.339 e. The molecule has 0 aliphatic carbocycles. The van der Waals surface area contributed by atoms with Gasteiger partial charge in [-0.1, -0.05) is 12.1 Å². The van der Waals surface area contributed by atoms with Gasteiger partial charge in [-0.25, -0.2) is 4.79 Å². The van der Waals surface area contributed by atoms with Crippen LogP contribution in [-0.4, -0.2) is 47.2 Å². The highest BCUT2D eigenvalue weighted by Crippen LogP contribution is 2.24. The van der Waals surface area contributed by atoms with E-state index in [0.717, 1.165) is 24.3 Å². The molecule has 0 aliphatic rings. The lowest BCUT2D eigenvalue weighted by atomic mass is 10.2. The molecule has 2 N–H and O–H groups in total. The quantitative estimate of drug-likeness (QED) is 0.488. The monoisotopic (exact) mass is 416 g/mol. The first-order chi connectivity index (χ1) is 12.0. The summed E-state index contributed by atoms with van der Waals surface area (Å²) in [5.74, 6) is -0.441. The molecule has 2 aromatic carbocycles. The predicted octanol–water partition coefficient (Wildman–Crippen LogP) is 4.55. The SMILES string of the molecule is Cl.O=C(O)c1ccc(N=Cc2ccc(N(CCCl)CCCl)cc2)cc1O. The molecule has 0 saturated heterocycles. The highest BCUT2D eigenvalue weighted by Gasteiger charge is 2.09. The molecule has 0 heterocycles. The van der Waals surface area contributed by atoms with Crippen molar-refractivity contribution in [3.05, 3.63) is 53.6 Å². The summed E-state index contributed by atoms with van der Waals surface area (Å²) in [6, 6.07) is 11.9. The number of carboxylic acids is 1. The van der Waals surface area contributed by atoms with Crippen LogP contribution >= 0.6 is 35.6 Å². The minimum Gasteiger partial charge on any atom is -0.507 e. The van der Waals surface area contributed by atoms with Crippen molar-refractivity contribution in [2.45, 2.75) is 0 Å². The van der Waals surface area contributed by atoms with Crippen LogP contribution in [0.3, 0.4) is 0 Å². The molecule has 140 valence electrons. The molecular weight excluding hydrogens is 399 g/mol. The number of anilines is 1. The first-order valence-corrected chi connectivity index (χ1v) is 8.69. The van der Waals surface area contributed by atoms with E-state index < -0.39 is 5.97 Å². The van der Waals surface area contributed by atoms with Crippen molar-refractivity contribution in [2.24, 2.45) is 4.99 Å². The third-order valence-corrected chi connectivity index (χ3v) is 3.88. The number of rotatable bonds is 8. The number of alkyl halides is 2. The molecule has 26 heavy (non-hydrogen) atoms. The second kappa shape index (κ2) is 10.9. The average molecular weight is 418 g/mol. The van der Waals surface area contributed by atoms with Crippen molar-refractivity contribution < 1.29 is 15.0 Å². The molecule has 0 fully saturated rings. The van der Waals surface area contributed by atoms with Gasteiger partial charge in [0.05, 0.1) is 5.69 Å². The zero-order chi connectivity index (χ0) is 18.2. The van der Waals surface area contributed by atoms with Crippen molar-refractivity contribution in [1.29, 1.82) is 0 Å². The van der Waals surface area contributed by atoms with E-state index in [1.54, 1.807) is 6.21 Å². The Bertz CT molecular complexity index is 746. The van der Waals surface area contributed by atoms with E-state index in [2.05, 4.69) is 9.89 Å². The highest BCUT2D eigenvalue weighted by atomic mass is 35.5. The minimum absolute atomic E-state index is 0. The van der Waals surface area contributed by atoms with E-state index in [0.29, 0.717) is 17.4 Å². The Kier molecular flexibility index (Phi) is 9.27. The molecule has 8 heteroatoms. The lowest BCUT2D eigenvalue weighted by molar-refractivity contribution is 0.0694. The Balaban J connectivity index is 0.00000338. The van der Waals surface area contributed by atoms with Crippen LogP contribution in [0.25, 0.3) is 0 Å². The molecule has 0 spiro atoms. The first-order valence-electron chi connectivity index (χ1n) is 7.62. The zero-order valence-corrected chi connectivity index (χ0v) is 16.1. The van der Waals surface area contributed by atoms with E-state index in [-0.39, 0.29) is 23.7 Å². The van der Waals surface area contributed by atoms with E-state index in [9.17, 15) is 9.90 Å². The van der Waals surface area contributed by atoms with Crippen molar-refractivity contribution in [3.8, 4) is 5.75 Å². The van der Waals surface area contributed by atoms with Gasteiger partial charge >= 0.3 is 5.97 Å². The summed E-state index contributed by atoms with van der Waals surface area (Å²) in [5, 5.41) is 18.6. The second-order valence-electron chi connectivity index (χ2n) is 5.22. The largest absolute Gasteiger partial charge is 0.507 e. The lowest BCUT2D eigenvalue weighted by Gasteiger charge is -2.22. The maximum atomic E-state index is 10.9. The molecule has 0 aromatic heterocycles. The Labute approximate surface area is 168 Å². The minimum atomic E-state index is -1.18. The van der Waals surface area contributed by atoms with Crippen molar-refractivity contribution in [1.82, 2.24) is 0 Å². The summed E-state index contributed by atoms with van der Waals surface area (Å²) in [7, 11) is 0. The van der Waals surface area contributed by atoms with E-state index >= 15 is 0 Å². The summed E-state index contributed by atoms with van der Waals surface area (Å²) in [4.78, 5) is 17.2. The Morgan fingerprint density at radius 2 is 1.69 bits per heavy atom. The summed E-state index contributed by atoms with van der Waals surface area (Å²) in [5.41, 5.74) is 2.23. The Morgan fingerprint density at radius 3 is 2.19 bits per heavy atom. The average Bonchev–Trinajstić information content (AvgIpc) is 2.60. The molecule has 0 amide bonds. The number of benzene rings is 2. The Morgan fingerprint density at radius 1 is 1.08 bits per heavy atom. The number of aromatic carboxylic acids is 1. The number of carboxylic acid groups (broad SMARTS) is 1. The van der Waals surface area contributed by atoms with Gasteiger partial charge < -0.3 is 15.1 Å². The van der Waals surface area contributed by atoms with Gasteiger partial charge in [0, 0.05) is 42.8 Å². The van der Waals surface area contributed by atoms with E-state index in [1.165, 1.54) is 18.2 Å². The lowest BCUT2D eigenvalue weighted by Crippen LogP contribution is -2.27. The smallest absolute Gasteiger partial charge is 0.339 e. The molecule has 0 unspecified atom stereocenters. The topological polar surface area (TPSA) is 73.1 Å². The van der Waals surface area contributed by atoms with Crippen molar-refractivity contribution >= 4 is 59.2 Å². The van der Waals surface area contributed by atoms with Crippen molar-refractivity contribution in [2.75, 3.05) is 29.7 Å². The molecule has 0 aliphatic heterocycles. The number of aliphatic imine (C=N–C) groups is 1. The third kappa shape index (κ3) is 6.09. The molecule has 2 rings (SSSR count). The molecule has 0 bridgehead atoms. The van der Waals surface area contributed by atoms with Crippen LogP contribution in [0.4, 0.5) is 11.4 Å². The molecule has 0 atom stereocenters. The summed E-state index contributed by atoms with van der Waals surface area (Å²) in [6.45, 7) is 1.44. The fourth-order valence-electron chi connectivity index (χ4n) is 2.28. The van der Waals surface area contributed by atoms with Crippen LogP contribution in [0.1, 0.15) is 15.9 Å². The normalized spacial score (nSPS) is 10.5. The second-order valence-corrected chi connectivity index (χ2v) is 5.98. The molecule has 5 nitrogen and oxygen atoms in total. The molecule has 2 aromatic rings. The number of carbonyl (C=O) groups is 1. The van der Waals surface area contributed by atoms with Crippen LogP contribution in [-0.2, 0) is 0 Å². The fraction of sp³-hybridized carbons (Fsp3) is 0.222. The standard InChI is InChI=1S/C18H18Cl2N2O3.ClH/c19-7-9-22(10-8-20)15-4-1-13(2-5-15)12-21-14-3-6-16(18(24)25)17(23)11-14;/h1-6,11-12,23H,7-10H2,(H,24,25);1H. The number of halogens is 3. The number of hydrogen-bond donors (Lipinski definition) is 2. The summed E-state index contributed by atoms with van der Waals surface area (Å²) < 4.78 is 0. The van der Waals surface area contributed by atoms with Crippen LogP contribution in [0.15, 0.2) is 47.5 Å². The summed E-state index contributed by atoms with van der Waals surface area (Å²) in [6.07, 6.45) is 1.65. The van der Waals surface area contributed by atoms with Gasteiger partial charge in [-0.15, -0.1) is 35.6 Å². The van der Waals surface area contributed by atoms with Gasteiger partial charge in [0.1, 0.15) is 11.3 Å². The number of hydrogen-bond acceptors (Lipinski definition) is 4. The van der Waals surface area contributed by atoms with Gasteiger partial charge in [0.15, 0.2) is 0 Å². The van der Waals surface area contributed by atoms with Gasteiger partial charge in [-0.2, -0.15) is 0 Å². The van der Waals surface area contributed by atoms with Gasteiger partial charge in [-0.05, 0) is 29.8 Å². The number of phenols is 1. The zero-order valence-electron chi connectivity index (χ0n) is 13.8. The Hall–Kier alpha value is -1.95. The highest BCUT2D eigenvalue weighted by molar-refractivity contribution is 6.18. The first kappa shape index (κ1) is 22.1. The van der Waals surface area contributed by atoms with Gasteiger partial charge in [0.2, 0.25) is 0 Å². The van der Waals surface area contributed by atoms with Crippen LogP contribution in [0.5, 0.6) is 5.75 Å². The molecular formula is C18H19Cl3N2O3. The van der Waals surface area contributed by atoms with Crippen LogP contribution in [0.2, 0.25) is 0 Å². The van der Waals surface area contributed by atoms with Crippen LogP contribution < -0.4 is 4.90 Å². The van der Waals surface area contributed by atoms with Crippen molar-refractivity contribution in [3.63, 3.8) is 0 Å². The third-order valence-electron chi connectivity index (χ3n) is 3.54. The predicted molar refractivity (Wildman–Crippen MR) is 110 cm³/mol. The molecule has 0 radical (unpaired) electrons. The number of nitrogens with zero attached hydrogens (tertiary/aromatic N) is 2.